The van der Waals surface area contributed by atoms with Crippen molar-refractivity contribution in [2.75, 3.05) is 7.11 Å². The fourth-order valence-corrected chi connectivity index (χ4v) is 3.00. The highest BCUT2D eigenvalue weighted by Gasteiger charge is 2.17. The SMILES string of the molecule is COc1ccc(C(=O)c2cc3ccccc3nc2-c2ccccc2)cc1. The van der Waals surface area contributed by atoms with E-state index in [4.69, 9.17) is 9.72 Å². The molecule has 0 saturated carbocycles. The summed E-state index contributed by atoms with van der Waals surface area (Å²) in [6, 6.07) is 26.7. The number of carbonyl (C=O) groups excluding carboxylic acids is 1. The molecule has 26 heavy (non-hydrogen) atoms. The molecule has 0 aliphatic carbocycles. The molecule has 0 unspecified atom stereocenters. The molecule has 0 spiro atoms. The van der Waals surface area contributed by atoms with Gasteiger partial charge in [-0.05, 0) is 36.4 Å². The van der Waals surface area contributed by atoms with Crippen molar-refractivity contribution in [1.82, 2.24) is 4.98 Å². The highest BCUT2D eigenvalue weighted by atomic mass is 16.5. The third-order valence-electron chi connectivity index (χ3n) is 4.37. The van der Waals surface area contributed by atoms with Gasteiger partial charge < -0.3 is 4.74 Å². The molecule has 3 nitrogen and oxygen atoms in total. The number of carbonyl (C=O) groups is 1. The molecule has 1 aromatic heterocycles. The lowest BCUT2D eigenvalue weighted by Gasteiger charge is -2.11. The molecular weight excluding hydrogens is 322 g/mol. The van der Waals surface area contributed by atoms with Gasteiger partial charge in [0.25, 0.3) is 0 Å². The Morgan fingerprint density at radius 1 is 0.846 bits per heavy atom. The fourth-order valence-electron chi connectivity index (χ4n) is 3.00. The van der Waals surface area contributed by atoms with E-state index in [0.29, 0.717) is 16.8 Å². The van der Waals surface area contributed by atoms with Crippen LogP contribution in [-0.4, -0.2) is 17.9 Å². The first-order chi connectivity index (χ1) is 12.8. The Morgan fingerprint density at radius 3 is 2.27 bits per heavy atom. The molecule has 0 bridgehead atoms. The lowest BCUT2D eigenvalue weighted by molar-refractivity contribution is 0.103. The van der Waals surface area contributed by atoms with Gasteiger partial charge in [-0.3, -0.25) is 4.79 Å². The van der Waals surface area contributed by atoms with Crippen LogP contribution in [0.25, 0.3) is 22.2 Å². The zero-order chi connectivity index (χ0) is 17.9. The Balaban J connectivity index is 1.90. The molecule has 4 aromatic rings. The van der Waals surface area contributed by atoms with Gasteiger partial charge in [0, 0.05) is 22.1 Å². The molecular formula is C23H17NO2. The van der Waals surface area contributed by atoms with Crippen molar-refractivity contribution in [2.45, 2.75) is 0 Å². The maximum atomic E-state index is 13.2. The van der Waals surface area contributed by atoms with Crippen LogP contribution in [0.4, 0.5) is 0 Å². The number of aromatic nitrogens is 1. The lowest BCUT2D eigenvalue weighted by atomic mass is 9.96. The van der Waals surface area contributed by atoms with Crippen molar-refractivity contribution in [1.29, 1.82) is 0 Å². The molecule has 126 valence electrons. The number of fused-ring (bicyclic) bond motifs is 1. The zero-order valence-corrected chi connectivity index (χ0v) is 14.3. The summed E-state index contributed by atoms with van der Waals surface area (Å²) in [7, 11) is 1.61. The number of rotatable bonds is 4. The van der Waals surface area contributed by atoms with Crippen LogP contribution in [0.2, 0.25) is 0 Å². The second-order valence-corrected chi connectivity index (χ2v) is 6.00. The van der Waals surface area contributed by atoms with E-state index < -0.39 is 0 Å². The van der Waals surface area contributed by atoms with Crippen molar-refractivity contribution >= 4 is 16.7 Å². The maximum absolute atomic E-state index is 13.2. The van der Waals surface area contributed by atoms with Crippen molar-refractivity contribution in [2.24, 2.45) is 0 Å². The first-order valence-corrected chi connectivity index (χ1v) is 8.40. The summed E-state index contributed by atoms with van der Waals surface area (Å²) in [6.07, 6.45) is 0. The number of benzene rings is 3. The van der Waals surface area contributed by atoms with Gasteiger partial charge in [0.2, 0.25) is 0 Å². The Hall–Kier alpha value is -3.46. The summed E-state index contributed by atoms with van der Waals surface area (Å²) in [4.78, 5) is 18.0. The molecule has 0 atom stereocenters. The van der Waals surface area contributed by atoms with Crippen LogP contribution in [0, 0.1) is 0 Å². The molecule has 0 amide bonds. The van der Waals surface area contributed by atoms with Crippen LogP contribution in [0.3, 0.4) is 0 Å². The zero-order valence-electron chi connectivity index (χ0n) is 14.3. The molecule has 4 rings (SSSR count). The highest BCUT2D eigenvalue weighted by molar-refractivity contribution is 6.14. The maximum Gasteiger partial charge on any atom is 0.195 e. The highest BCUT2D eigenvalue weighted by Crippen LogP contribution is 2.28. The largest absolute Gasteiger partial charge is 0.497 e. The molecule has 0 radical (unpaired) electrons. The Bertz CT molecular complexity index is 1070. The van der Waals surface area contributed by atoms with E-state index in [1.807, 2.05) is 60.7 Å². The lowest BCUT2D eigenvalue weighted by Crippen LogP contribution is -2.05. The fraction of sp³-hybridized carbons (Fsp3) is 0.0435. The topological polar surface area (TPSA) is 39.2 Å². The Kier molecular flexibility index (Phi) is 4.20. The van der Waals surface area contributed by atoms with Crippen molar-refractivity contribution in [3.05, 3.63) is 96.1 Å². The van der Waals surface area contributed by atoms with E-state index >= 15 is 0 Å². The number of ether oxygens (including phenoxy) is 1. The third-order valence-corrected chi connectivity index (χ3v) is 4.37. The Morgan fingerprint density at radius 2 is 1.54 bits per heavy atom. The smallest absolute Gasteiger partial charge is 0.195 e. The van der Waals surface area contributed by atoms with E-state index in [2.05, 4.69) is 0 Å². The first kappa shape index (κ1) is 16.0. The molecule has 3 aromatic carbocycles. The number of ketones is 1. The summed E-state index contributed by atoms with van der Waals surface area (Å²) in [5.41, 5.74) is 3.71. The van der Waals surface area contributed by atoms with Crippen molar-refractivity contribution < 1.29 is 9.53 Å². The van der Waals surface area contributed by atoms with E-state index in [1.54, 1.807) is 31.4 Å². The monoisotopic (exact) mass is 339 g/mol. The predicted molar refractivity (Wildman–Crippen MR) is 104 cm³/mol. The molecule has 3 heteroatoms. The second kappa shape index (κ2) is 6.81. The predicted octanol–water partition coefficient (Wildman–Crippen LogP) is 5.14. The number of hydrogen-bond acceptors (Lipinski definition) is 3. The number of methoxy groups -OCH3 is 1. The van der Waals surface area contributed by atoms with Crippen LogP contribution in [-0.2, 0) is 0 Å². The normalized spacial score (nSPS) is 10.7. The average Bonchev–Trinajstić information content (AvgIpc) is 2.73. The van der Waals surface area contributed by atoms with Crippen LogP contribution in [0.1, 0.15) is 15.9 Å². The summed E-state index contributed by atoms with van der Waals surface area (Å²) >= 11 is 0. The molecule has 0 fully saturated rings. The van der Waals surface area contributed by atoms with Crippen LogP contribution < -0.4 is 4.74 Å². The van der Waals surface area contributed by atoms with Crippen molar-refractivity contribution in [3.63, 3.8) is 0 Å². The molecule has 0 saturated heterocycles. The minimum absolute atomic E-state index is 0.0511. The van der Waals surface area contributed by atoms with Gasteiger partial charge in [0.1, 0.15) is 5.75 Å². The number of para-hydroxylation sites is 1. The van der Waals surface area contributed by atoms with Crippen LogP contribution >= 0.6 is 0 Å². The van der Waals surface area contributed by atoms with Gasteiger partial charge in [-0.25, -0.2) is 4.98 Å². The molecule has 1 heterocycles. The van der Waals surface area contributed by atoms with Gasteiger partial charge >= 0.3 is 0 Å². The minimum Gasteiger partial charge on any atom is -0.497 e. The van der Waals surface area contributed by atoms with E-state index in [1.165, 1.54) is 0 Å². The molecule has 0 N–H and O–H groups in total. The third kappa shape index (κ3) is 2.95. The van der Waals surface area contributed by atoms with Gasteiger partial charge in [0.05, 0.1) is 18.3 Å². The average molecular weight is 339 g/mol. The van der Waals surface area contributed by atoms with Crippen LogP contribution in [0.5, 0.6) is 5.75 Å². The second-order valence-electron chi connectivity index (χ2n) is 6.00. The first-order valence-electron chi connectivity index (χ1n) is 8.40. The standard InChI is InChI=1S/C23H17NO2/c1-26-19-13-11-17(12-14-19)23(25)20-15-18-9-5-6-10-21(18)24-22(20)16-7-3-2-4-8-16/h2-15H,1H3. The number of pyridine rings is 1. The van der Waals surface area contributed by atoms with Gasteiger partial charge in [-0.2, -0.15) is 0 Å². The van der Waals surface area contributed by atoms with Gasteiger partial charge in [0.15, 0.2) is 5.78 Å². The summed E-state index contributed by atoms with van der Waals surface area (Å²) in [6.45, 7) is 0. The van der Waals surface area contributed by atoms with E-state index in [-0.39, 0.29) is 5.78 Å². The number of hydrogen-bond donors (Lipinski definition) is 0. The summed E-state index contributed by atoms with van der Waals surface area (Å²) in [5.74, 6) is 0.672. The summed E-state index contributed by atoms with van der Waals surface area (Å²) in [5, 5.41) is 0.948. The van der Waals surface area contributed by atoms with Crippen LogP contribution in [0.15, 0.2) is 84.9 Å². The van der Waals surface area contributed by atoms with E-state index in [9.17, 15) is 4.79 Å². The molecule has 0 aliphatic rings. The molecule has 0 aliphatic heterocycles. The van der Waals surface area contributed by atoms with Gasteiger partial charge in [-0.1, -0.05) is 48.5 Å². The Labute approximate surface area is 151 Å². The quantitative estimate of drug-likeness (QED) is 0.483. The summed E-state index contributed by atoms with van der Waals surface area (Å²) < 4.78 is 5.18. The number of nitrogens with zero attached hydrogens (tertiary/aromatic N) is 1. The van der Waals surface area contributed by atoms with Gasteiger partial charge in [-0.15, -0.1) is 0 Å². The van der Waals surface area contributed by atoms with E-state index in [0.717, 1.165) is 22.2 Å². The van der Waals surface area contributed by atoms with Crippen molar-refractivity contribution in [3.8, 4) is 17.0 Å². The minimum atomic E-state index is -0.0511.